The molecule has 0 bridgehead atoms. The number of rotatable bonds is 3. The van der Waals surface area contributed by atoms with Gasteiger partial charge in [0.1, 0.15) is 0 Å². The fourth-order valence-corrected chi connectivity index (χ4v) is 0.839. The predicted octanol–water partition coefficient (Wildman–Crippen LogP) is 0.332. The topological polar surface area (TPSA) is 38.0 Å². The first kappa shape index (κ1) is 7.92. The van der Waals surface area contributed by atoms with Crippen molar-refractivity contribution in [3.05, 3.63) is 0 Å². The summed E-state index contributed by atoms with van der Waals surface area (Å²) in [6, 6.07) is 0.750. The van der Waals surface area contributed by atoms with Crippen LogP contribution >= 0.6 is 0 Å². The van der Waals surface area contributed by atoms with Gasteiger partial charge in [0.05, 0.1) is 0 Å². The Hall–Kier alpha value is -0.0800. The molecule has 2 atom stereocenters. The van der Waals surface area contributed by atoms with Gasteiger partial charge in [-0.2, -0.15) is 0 Å². The van der Waals surface area contributed by atoms with E-state index in [1.165, 1.54) is 0 Å². The molecule has 0 saturated heterocycles. The molecule has 8 heavy (non-hydrogen) atoms. The summed E-state index contributed by atoms with van der Waals surface area (Å²) in [6.45, 7) is 4.15. The minimum Gasteiger partial charge on any atom is -0.327 e. The Bertz CT molecular complexity index is 48.5. The van der Waals surface area contributed by atoms with Crippen molar-refractivity contribution < 1.29 is 0 Å². The highest BCUT2D eigenvalue weighted by Crippen LogP contribution is 1.92. The molecule has 0 amide bonds. The molecule has 0 heterocycles. The molecular weight excluding hydrogens is 100 g/mol. The third kappa shape index (κ3) is 2.28. The lowest BCUT2D eigenvalue weighted by Crippen LogP contribution is -2.40. The van der Waals surface area contributed by atoms with Gasteiger partial charge in [0, 0.05) is 12.1 Å². The van der Waals surface area contributed by atoms with Crippen molar-refractivity contribution in [3.63, 3.8) is 0 Å². The number of likely N-dealkylation sites (N-methyl/N-ethyl adjacent to an activating group) is 1. The second-order valence-electron chi connectivity index (χ2n) is 2.16. The molecule has 0 aliphatic rings. The highest BCUT2D eigenvalue weighted by Gasteiger charge is 2.05. The predicted molar refractivity (Wildman–Crippen MR) is 36.8 cm³/mol. The van der Waals surface area contributed by atoms with E-state index in [1.54, 1.807) is 0 Å². The molecule has 0 fully saturated rings. The molecule has 0 aliphatic heterocycles. The smallest absolute Gasteiger partial charge is 0.0210 e. The van der Waals surface area contributed by atoms with Gasteiger partial charge in [0.2, 0.25) is 0 Å². The summed E-state index contributed by atoms with van der Waals surface area (Å²) in [5.41, 5.74) is 5.60. The van der Waals surface area contributed by atoms with Gasteiger partial charge in [-0.05, 0) is 20.4 Å². The first-order chi connectivity index (χ1) is 3.72. The average molecular weight is 116 g/mol. The van der Waals surface area contributed by atoms with Crippen LogP contribution < -0.4 is 11.1 Å². The van der Waals surface area contributed by atoms with E-state index in [4.69, 9.17) is 5.73 Å². The molecule has 0 aromatic heterocycles. The summed E-state index contributed by atoms with van der Waals surface area (Å²) in [5, 5.41) is 3.13. The maximum absolute atomic E-state index is 5.60. The van der Waals surface area contributed by atoms with Gasteiger partial charge in [-0.3, -0.25) is 0 Å². The standard InChI is InChI=1S/C6H16N2/c1-4-6(8-3)5(2)7/h5-6,8H,4,7H2,1-3H3/t5-,6?/m1/s1. The second kappa shape index (κ2) is 3.87. The first-order valence-electron chi connectivity index (χ1n) is 3.15. The number of hydrogen-bond donors (Lipinski definition) is 2. The third-order valence-corrected chi connectivity index (χ3v) is 1.45. The number of nitrogens with two attached hydrogens (primary N) is 1. The Labute approximate surface area is 51.5 Å². The van der Waals surface area contributed by atoms with Crippen LogP contribution in [0.1, 0.15) is 20.3 Å². The van der Waals surface area contributed by atoms with Gasteiger partial charge < -0.3 is 11.1 Å². The SMILES string of the molecule is CCC(NC)[C@@H](C)N. The van der Waals surface area contributed by atoms with E-state index >= 15 is 0 Å². The van der Waals surface area contributed by atoms with E-state index in [9.17, 15) is 0 Å². The lowest BCUT2D eigenvalue weighted by molar-refractivity contribution is 0.470. The van der Waals surface area contributed by atoms with Gasteiger partial charge in [-0.25, -0.2) is 0 Å². The van der Waals surface area contributed by atoms with E-state index in [0.29, 0.717) is 6.04 Å². The monoisotopic (exact) mass is 116 g/mol. The molecule has 2 nitrogen and oxygen atoms in total. The number of hydrogen-bond acceptors (Lipinski definition) is 2. The van der Waals surface area contributed by atoms with E-state index in [2.05, 4.69) is 12.2 Å². The zero-order chi connectivity index (χ0) is 6.57. The molecule has 2 heteroatoms. The van der Waals surface area contributed by atoms with Gasteiger partial charge in [-0.1, -0.05) is 6.92 Å². The van der Waals surface area contributed by atoms with Crippen molar-refractivity contribution in [3.8, 4) is 0 Å². The molecular formula is C6H16N2. The Morgan fingerprint density at radius 2 is 2.12 bits per heavy atom. The van der Waals surface area contributed by atoms with Crippen LogP contribution in [0.5, 0.6) is 0 Å². The lowest BCUT2D eigenvalue weighted by atomic mass is 10.1. The van der Waals surface area contributed by atoms with Gasteiger partial charge in [0.15, 0.2) is 0 Å². The lowest BCUT2D eigenvalue weighted by Gasteiger charge is -2.16. The van der Waals surface area contributed by atoms with Crippen LogP contribution in [0, 0.1) is 0 Å². The highest BCUT2D eigenvalue weighted by atomic mass is 14.9. The molecule has 1 unspecified atom stereocenters. The van der Waals surface area contributed by atoms with E-state index in [-0.39, 0.29) is 6.04 Å². The molecule has 0 aromatic rings. The molecule has 0 spiro atoms. The zero-order valence-electron chi connectivity index (χ0n) is 5.94. The molecule has 0 rings (SSSR count). The van der Waals surface area contributed by atoms with Crippen LogP contribution in [-0.4, -0.2) is 19.1 Å². The van der Waals surface area contributed by atoms with E-state index < -0.39 is 0 Å². The normalized spacial score (nSPS) is 18.0. The molecule has 50 valence electrons. The van der Waals surface area contributed by atoms with Crippen LogP contribution in [-0.2, 0) is 0 Å². The van der Waals surface area contributed by atoms with E-state index in [1.807, 2.05) is 14.0 Å². The van der Waals surface area contributed by atoms with Crippen LogP contribution in [0.25, 0.3) is 0 Å². The molecule has 0 aliphatic carbocycles. The largest absolute Gasteiger partial charge is 0.327 e. The van der Waals surface area contributed by atoms with Crippen molar-refractivity contribution in [1.29, 1.82) is 0 Å². The Morgan fingerprint density at radius 1 is 1.62 bits per heavy atom. The van der Waals surface area contributed by atoms with Crippen LogP contribution in [0.3, 0.4) is 0 Å². The van der Waals surface area contributed by atoms with Gasteiger partial charge >= 0.3 is 0 Å². The summed E-state index contributed by atoms with van der Waals surface area (Å²) >= 11 is 0. The third-order valence-electron chi connectivity index (χ3n) is 1.45. The summed E-state index contributed by atoms with van der Waals surface area (Å²) in [5.74, 6) is 0. The van der Waals surface area contributed by atoms with Crippen molar-refractivity contribution in [2.24, 2.45) is 5.73 Å². The van der Waals surface area contributed by atoms with Gasteiger partial charge in [-0.15, -0.1) is 0 Å². The second-order valence-corrected chi connectivity index (χ2v) is 2.16. The Balaban J connectivity index is 3.35. The van der Waals surface area contributed by atoms with Crippen molar-refractivity contribution in [2.75, 3.05) is 7.05 Å². The van der Waals surface area contributed by atoms with Crippen LogP contribution in [0.15, 0.2) is 0 Å². The van der Waals surface area contributed by atoms with Crippen LogP contribution in [0.4, 0.5) is 0 Å². The fraction of sp³-hybridized carbons (Fsp3) is 1.00. The summed E-state index contributed by atoms with van der Waals surface area (Å²) in [4.78, 5) is 0. The Kier molecular flexibility index (Phi) is 3.83. The summed E-state index contributed by atoms with van der Waals surface area (Å²) < 4.78 is 0. The Morgan fingerprint density at radius 3 is 2.12 bits per heavy atom. The van der Waals surface area contributed by atoms with Crippen molar-refractivity contribution >= 4 is 0 Å². The minimum absolute atomic E-state index is 0.269. The summed E-state index contributed by atoms with van der Waals surface area (Å²) in [7, 11) is 1.94. The van der Waals surface area contributed by atoms with Crippen LogP contribution in [0.2, 0.25) is 0 Å². The maximum Gasteiger partial charge on any atom is 0.0210 e. The quantitative estimate of drug-likeness (QED) is 0.557. The average Bonchev–Trinajstić information content (AvgIpc) is 1.69. The molecule has 3 N–H and O–H groups in total. The number of nitrogens with one attached hydrogen (secondary N) is 1. The highest BCUT2D eigenvalue weighted by molar-refractivity contribution is 4.71. The fourth-order valence-electron chi connectivity index (χ4n) is 0.839. The van der Waals surface area contributed by atoms with Crippen molar-refractivity contribution in [1.82, 2.24) is 5.32 Å². The maximum atomic E-state index is 5.60. The molecule has 0 saturated carbocycles. The molecule has 0 aromatic carbocycles. The molecule has 0 radical (unpaired) electrons. The first-order valence-corrected chi connectivity index (χ1v) is 3.15. The van der Waals surface area contributed by atoms with Gasteiger partial charge in [0.25, 0.3) is 0 Å². The zero-order valence-corrected chi connectivity index (χ0v) is 5.94. The van der Waals surface area contributed by atoms with E-state index in [0.717, 1.165) is 6.42 Å². The summed E-state index contributed by atoms with van der Waals surface area (Å²) in [6.07, 6.45) is 1.11. The minimum atomic E-state index is 0.269. The van der Waals surface area contributed by atoms with Crippen molar-refractivity contribution in [2.45, 2.75) is 32.4 Å².